The number of benzene rings is 1. The SMILES string of the molecule is CC1(N)CCCN(c2nccn3c(-c4cccc(Cl)c4Cl)ncc23)C1. The molecule has 0 amide bonds. The Morgan fingerprint density at radius 1 is 1.24 bits per heavy atom. The Balaban J connectivity index is 1.82. The molecule has 7 heteroatoms. The zero-order chi connectivity index (χ0) is 17.6. The minimum absolute atomic E-state index is 0.203. The van der Waals surface area contributed by atoms with Crippen LogP contribution in [0.15, 0.2) is 36.8 Å². The molecule has 2 aromatic heterocycles. The minimum Gasteiger partial charge on any atom is -0.353 e. The Kier molecular flexibility index (Phi) is 4.10. The van der Waals surface area contributed by atoms with Gasteiger partial charge in [0.15, 0.2) is 5.82 Å². The topological polar surface area (TPSA) is 59.5 Å². The van der Waals surface area contributed by atoms with Crippen molar-refractivity contribution in [3.8, 4) is 11.4 Å². The monoisotopic (exact) mass is 375 g/mol. The molecule has 1 aliphatic rings. The van der Waals surface area contributed by atoms with Crippen molar-refractivity contribution in [2.24, 2.45) is 5.73 Å². The number of nitrogens with two attached hydrogens (primary N) is 1. The lowest BCUT2D eigenvalue weighted by molar-refractivity contribution is 0.373. The van der Waals surface area contributed by atoms with E-state index in [1.807, 2.05) is 28.9 Å². The highest BCUT2D eigenvalue weighted by Crippen LogP contribution is 2.34. The van der Waals surface area contributed by atoms with Crippen LogP contribution in [0.25, 0.3) is 16.9 Å². The summed E-state index contributed by atoms with van der Waals surface area (Å²) in [6.45, 7) is 3.81. The van der Waals surface area contributed by atoms with Crippen LogP contribution in [-0.4, -0.2) is 33.0 Å². The maximum absolute atomic E-state index is 6.38. The van der Waals surface area contributed by atoms with Crippen molar-refractivity contribution in [1.82, 2.24) is 14.4 Å². The summed E-state index contributed by atoms with van der Waals surface area (Å²) >= 11 is 12.5. The second kappa shape index (κ2) is 6.16. The predicted octanol–water partition coefficient (Wildman–Crippen LogP) is 4.02. The molecule has 0 saturated carbocycles. The standard InChI is InChI=1S/C18H19Cl2N5/c1-18(21)6-3-8-24(11-18)17-14-10-23-16(25(14)9-7-22-17)12-4-2-5-13(19)15(12)20/h2,4-5,7,9-10H,3,6,8,11,21H2,1H3. The molecule has 0 spiro atoms. The molecular formula is C18H19Cl2N5. The first-order valence-corrected chi connectivity index (χ1v) is 9.02. The van der Waals surface area contributed by atoms with Gasteiger partial charge in [0.2, 0.25) is 0 Å². The summed E-state index contributed by atoms with van der Waals surface area (Å²) in [7, 11) is 0. The summed E-state index contributed by atoms with van der Waals surface area (Å²) in [6, 6.07) is 5.56. The molecule has 0 bridgehead atoms. The fourth-order valence-corrected chi connectivity index (χ4v) is 3.87. The van der Waals surface area contributed by atoms with Crippen LogP contribution in [0, 0.1) is 0 Å². The van der Waals surface area contributed by atoms with Gasteiger partial charge in [-0.3, -0.25) is 4.40 Å². The van der Waals surface area contributed by atoms with E-state index in [-0.39, 0.29) is 5.54 Å². The Bertz CT molecular complexity index is 934. The van der Waals surface area contributed by atoms with Crippen LogP contribution in [0.5, 0.6) is 0 Å². The summed E-state index contributed by atoms with van der Waals surface area (Å²) in [5.74, 6) is 1.65. The van der Waals surface area contributed by atoms with Crippen molar-refractivity contribution < 1.29 is 0 Å². The summed E-state index contributed by atoms with van der Waals surface area (Å²) < 4.78 is 2.00. The molecule has 2 N–H and O–H groups in total. The number of imidazole rings is 1. The number of rotatable bonds is 2. The molecule has 4 rings (SSSR count). The minimum atomic E-state index is -0.203. The summed E-state index contributed by atoms with van der Waals surface area (Å²) in [5, 5.41) is 1.02. The molecule has 1 aromatic carbocycles. The number of anilines is 1. The third-order valence-electron chi connectivity index (χ3n) is 4.66. The third kappa shape index (κ3) is 2.97. The lowest BCUT2D eigenvalue weighted by Gasteiger charge is -2.38. The van der Waals surface area contributed by atoms with Crippen LogP contribution in [-0.2, 0) is 0 Å². The zero-order valence-corrected chi connectivity index (χ0v) is 15.4. The highest BCUT2D eigenvalue weighted by molar-refractivity contribution is 6.43. The van der Waals surface area contributed by atoms with Crippen molar-refractivity contribution in [2.75, 3.05) is 18.0 Å². The molecule has 1 atom stereocenters. The Hall–Kier alpha value is -1.82. The van der Waals surface area contributed by atoms with Crippen LogP contribution in [0.4, 0.5) is 5.82 Å². The largest absolute Gasteiger partial charge is 0.353 e. The lowest BCUT2D eigenvalue weighted by Crippen LogP contribution is -2.52. The van der Waals surface area contributed by atoms with E-state index in [0.29, 0.717) is 10.0 Å². The van der Waals surface area contributed by atoms with Gasteiger partial charge in [0.1, 0.15) is 11.3 Å². The van der Waals surface area contributed by atoms with E-state index < -0.39 is 0 Å². The van der Waals surface area contributed by atoms with E-state index in [2.05, 4.69) is 21.8 Å². The van der Waals surface area contributed by atoms with Crippen LogP contribution < -0.4 is 10.6 Å². The van der Waals surface area contributed by atoms with E-state index in [1.165, 1.54) is 0 Å². The quantitative estimate of drug-likeness (QED) is 0.734. The van der Waals surface area contributed by atoms with Gasteiger partial charge >= 0.3 is 0 Å². The van der Waals surface area contributed by atoms with E-state index in [9.17, 15) is 0 Å². The predicted molar refractivity (Wildman–Crippen MR) is 102 cm³/mol. The Labute approximate surface area is 156 Å². The van der Waals surface area contributed by atoms with Gasteiger partial charge in [-0.1, -0.05) is 29.3 Å². The van der Waals surface area contributed by atoms with Crippen LogP contribution in [0.1, 0.15) is 19.8 Å². The highest BCUT2D eigenvalue weighted by Gasteiger charge is 2.29. The maximum atomic E-state index is 6.38. The second-order valence-electron chi connectivity index (χ2n) is 6.87. The first-order chi connectivity index (χ1) is 12.0. The Morgan fingerprint density at radius 3 is 2.88 bits per heavy atom. The third-order valence-corrected chi connectivity index (χ3v) is 5.48. The van der Waals surface area contributed by atoms with Crippen LogP contribution in [0.3, 0.4) is 0 Å². The van der Waals surface area contributed by atoms with E-state index in [4.69, 9.17) is 28.9 Å². The van der Waals surface area contributed by atoms with Gasteiger partial charge in [-0.25, -0.2) is 9.97 Å². The molecular weight excluding hydrogens is 357 g/mol. The zero-order valence-electron chi connectivity index (χ0n) is 13.9. The van der Waals surface area contributed by atoms with Crippen molar-refractivity contribution in [1.29, 1.82) is 0 Å². The number of nitrogens with zero attached hydrogens (tertiary/aromatic N) is 4. The highest BCUT2D eigenvalue weighted by atomic mass is 35.5. The van der Waals surface area contributed by atoms with Gasteiger partial charge in [0.25, 0.3) is 0 Å². The molecule has 1 unspecified atom stereocenters. The summed E-state index contributed by atoms with van der Waals surface area (Å²) in [4.78, 5) is 11.4. The second-order valence-corrected chi connectivity index (χ2v) is 7.65. The number of hydrogen-bond acceptors (Lipinski definition) is 4. The lowest BCUT2D eigenvalue weighted by atomic mass is 9.92. The molecule has 130 valence electrons. The maximum Gasteiger partial charge on any atom is 0.154 e. The first-order valence-electron chi connectivity index (χ1n) is 8.26. The molecule has 0 aliphatic carbocycles. The molecule has 0 radical (unpaired) electrons. The molecule has 25 heavy (non-hydrogen) atoms. The number of halogens is 2. The fourth-order valence-electron chi connectivity index (χ4n) is 3.48. The van der Waals surface area contributed by atoms with Gasteiger partial charge in [-0.15, -0.1) is 0 Å². The average molecular weight is 376 g/mol. The summed E-state index contributed by atoms with van der Waals surface area (Å²) in [6.07, 6.45) is 7.59. The number of aromatic nitrogens is 3. The molecule has 1 aliphatic heterocycles. The van der Waals surface area contributed by atoms with Crippen molar-refractivity contribution in [3.05, 3.63) is 46.8 Å². The van der Waals surface area contributed by atoms with Crippen molar-refractivity contribution in [3.63, 3.8) is 0 Å². The number of piperidine rings is 1. The first kappa shape index (κ1) is 16.6. The van der Waals surface area contributed by atoms with Gasteiger partial charge in [-0.2, -0.15) is 0 Å². The molecule has 3 aromatic rings. The van der Waals surface area contributed by atoms with Crippen LogP contribution >= 0.6 is 23.2 Å². The van der Waals surface area contributed by atoms with E-state index in [1.54, 1.807) is 12.3 Å². The van der Waals surface area contributed by atoms with Gasteiger partial charge in [-0.05, 0) is 31.9 Å². The summed E-state index contributed by atoms with van der Waals surface area (Å²) in [5.41, 5.74) is 7.89. The van der Waals surface area contributed by atoms with E-state index >= 15 is 0 Å². The molecule has 1 fully saturated rings. The van der Waals surface area contributed by atoms with E-state index in [0.717, 1.165) is 48.7 Å². The van der Waals surface area contributed by atoms with Crippen molar-refractivity contribution >= 4 is 34.5 Å². The molecule has 3 heterocycles. The van der Waals surface area contributed by atoms with Gasteiger partial charge < -0.3 is 10.6 Å². The smallest absolute Gasteiger partial charge is 0.154 e. The van der Waals surface area contributed by atoms with Crippen molar-refractivity contribution in [2.45, 2.75) is 25.3 Å². The average Bonchev–Trinajstić information content (AvgIpc) is 3.00. The molecule has 1 saturated heterocycles. The Morgan fingerprint density at radius 2 is 2.08 bits per heavy atom. The van der Waals surface area contributed by atoms with Gasteiger partial charge in [0.05, 0.1) is 16.2 Å². The fraction of sp³-hybridized carbons (Fsp3) is 0.333. The number of fused-ring (bicyclic) bond motifs is 1. The van der Waals surface area contributed by atoms with Crippen LogP contribution in [0.2, 0.25) is 10.0 Å². The molecule has 5 nitrogen and oxygen atoms in total. The normalized spacial score (nSPS) is 21.0. The van der Waals surface area contributed by atoms with Gasteiger partial charge in [0, 0.05) is 36.6 Å². The number of hydrogen-bond donors (Lipinski definition) is 1.